The summed E-state index contributed by atoms with van der Waals surface area (Å²) in [6, 6.07) is 10.5. The van der Waals surface area contributed by atoms with Crippen molar-refractivity contribution in [3.05, 3.63) is 47.8 Å². The van der Waals surface area contributed by atoms with Crippen molar-refractivity contribution >= 4 is 5.91 Å². The highest BCUT2D eigenvalue weighted by atomic mass is 16.2. The van der Waals surface area contributed by atoms with Crippen LogP contribution in [-0.2, 0) is 0 Å². The molecule has 0 unspecified atom stereocenters. The van der Waals surface area contributed by atoms with Gasteiger partial charge in [-0.1, -0.05) is 18.2 Å². The molecule has 2 aliphatic carbocycles. The highest BCUT2D eigenvalue weighted by Gasteiger charge is 2.36. The van der Waals surface area contributed by atoms with Crippen molar-refractivity contribution in [3.8, 4) is 5.69 Å². The summed E-state index contributed by atoms with van der Waals surface area (Å²) < 4.78 is 1.95. The Kier molecular flexibility index (Phi) is 2.84. The predicted octanol–water partition coefficient (Wildman–Crippen LogP) is 2.98. The van der Waals surface area contributed by atoms with Crippen molar-refractivity contribution in [1.29, 1.82) is 0 Å². The fourth-order valence-electron chi connectivity index (χ4n) is 2.86. The molecule has 4 heteroatoms. The number of nitrogens with zero attached hydrogens (tertiary/aromatic N) is 3. The van der Waals surface area contributed by atoms with E-state index in [1.807, 2.05) is 47.0 Å². The van der Waals surface area contributed by atoms with Crippen molar-refractivity contribution < 1.29 is 4.79 Å². The van der Waals surface area contributed by atoms with Crippen LogP contribution in [0.4, 0.5) is 0 Å². The van der Waals surface area contributed by atoms with Gasteiger partial charge in [-0.15, -0.1) is 0 Å². The predicted molar refractivity (Wildman–Crippen MR) is 80.7 cm³/mol. The van der Waals surface area contributed by atoms with E-state index < -0.39 is 0 Å². The smallest absolute Gasteiger partial charge is 0.257 e. The van der Waals surface area contributed by atoms with Crippen LogP contribution in [0.5, 0.6) is 0 Å². The average Bonchev–Trinajstić information content (AvgIpc) is 3.44. The molecule has 0 N–H and O–H groups in total. The summed E-state index contributed by atoms with van der Waals surface area (Å²) in [6.07, 6.45) is 6.33. The van der Waals surface area contributed by atoms with Crippen molar-refractivity contribution in [2.24, 2.45) is 0 Å². The summed E-state index contributed by atoms with van der Waals surface area (Å²) in [6.45, 7) is 0. The van der Waals surface area contributed by atoms with Crippen LogP contribution in [0.3, 0.4) is 0 Å². The molecule has 2 aromatic rings. The van der Waals surface area contributed by atoms with Crippen molar-refractivity contribution in [1.82, 2.24) is 14.7 Å². The van der Waals surface area contributed by atoms with Gasteiger partial charge in [-0.3, -0.25) is 4.79 Å². The first-order valence-electron chi connectivity index (χ1n) is 7.66. The maximum atomic E-state index is 12.7. The number of carbonyl (C=O) groups excluding carboxylic acids is 1. The van der Waals surface area contributed by atoms with Gasteiger partial charge in [-0.05, 0) is 37.8 Å². The number of hydrogen-bond donors (Lipinski definition) is 0. The monoisotopic (exact) mass is 281 g/mol. The number of aromatic nitrogens is 2. The van der Waals surface area contributed by atoms with Gasteiger partial charge < -0.3 is 4.90 Å². The molecule has 21 heavy (non-hydrogen) atoms. The summed E-state index contributed by atoms with van der Waals surface area (Å²) in [4.78, 5) is 14.6. The molecular weight excluding hydrogens is 262 g/mol. The molecule has 1 heterocycles. The Labute approximate surface area is 124 Å². The lowest BCUT2D eigenvalue weighted by Crippen LogP contribution is -2.29. The first-order chi connectivity index (χ1) is 10.3. The van der Waals surface area contributed by atoms with Crippen LogP contribution in [-0.4, -0.2) is 33.7 Å². The molecule has 0 saturated heterocycles. The topological polar surface area (TPSA) is 38.1 Å². The number of carbonyl (C=O) groups is 1. The normalized spacial score (nSPS) is 17.8. The molecule has 0 atom stereocenters. The fraction of sp³-hybridized carbons (Fsp3) is 0.412. The van der Waals surface area contributed by atoms with Crippen LogP contribution in [0, 0.1) is 0 Å². The van der Waals surface area contributed by atoms with E-state index >= 15 is 0 Å². The Morgan fingerprint density at radius 3 is 2.52 bits per heavy atom. The Hall–Kier alpha value is -2.10. The molecule has 2 fully saturated rings. The third-order valence-corrected chi connectivity index (χ3v) is 4.42. The molecule has 2 aliphatic rings. The molecule has 0 bridgehead atoms. The second-order valence-electron chi connectivity index (χ2n) is 6.11. The van der Waals surface area contributed by atoms with Gasteiger partial charge in [0.2, 0.25) is 0 Å². The van der Waals surface area contributed by atoms with E-state index in [1.165, 1.54) is 0 Å². The first-order valence-corrected chi connectivity index (χ1v) is 7.66. The minimum atomic E-state index is 0.126. The minimum Gasteiger partial charge on any atom is -0.339 e. The zero-order chi connectivity index (χ0) is 14.4. The van der Waals surface area contributed by atoms with Gasteiger partial charge in [-0.2, -0.15) is 5.10 Å². The number of benzene rings is 1. The van der Waals surface area contributed by atoms with Gasteiger partial charge in [0.15, 0.2) is 0 Å². The summed E-state index contributed by atoms with van der Waals surface area (Å²) >= 11 is 0. The second-order valence-corrected chi connectivity index (χ2v) is 6.11. The van der Waals surface area contributed by atoms with E-state index in [0.717, 1.165) is 42.6 Å². The molecule has 1 aromatic carbocycles. The van der Waals surface area contributed by atoms with Crippen molar-refractivity contribution in [2.45, 2.75) is 37.6 Å². The van der Waals surface area contributed by atoms with Gasteiger partial charge in [0.05, 0.1) is 23.1 Å². The fourth-order valence-corrected chi connectivity index (χ4v) is 2.86. The molecule has 0 radical (unpaired) electrons. The molecule has 0 aliphatic heterocycles. The van der Waals surface area contributed by atoms with Gasteiger partial charge in [0, 0.05) is 19.0 Å². The van der Waals surface area contributed by atoms with E-state index in [2.05, 4.69) is 5.10 Å². The molecule has 1 aromatic heterocycles. The number of amides is 1. The zero-order valence-electron chi connectivity index (χ0n) is 12.2. The quantitative estimate of drug-likeness (QED) is 0.864. The zero-order valence-corrected chi connectivity index (χ0v) is 12.2. The van der Waals surface area contributed by atoms with Crippen LogP contribution in [0.15, 0.2) is 36.5 Å². The Bertz CT molecular complexity index is 669. The third kappa shape index (κ3) is 2.24. The van der Waals surface area contributed by atoms with Crippen LogP contribution in [0.25, 0.3) is 5.69 Å². The van der Waals surface area contributed by atoms with E-state index in [9.17, 15) is 4.79 Å². The second kappa shape index (κ2) is 4.72. The van der Waals surface area contributed by atoms with Gasteiger partial charge in [0.25, 0.3) is 5.91 Å². The lowest BCUT2D eigenvalue weighted by molar-refractivity contribution is 0.0784. The molecular formula is C17H19N3O. The van der Waals surface area contributed by atoms with Crippen LogP contribution >= 0.6 is 0 Å². The first kappa shape index (κ1) is 12.6. The highest BCUT2D eigenvalue weighted by molar-refractivity contribution is 5.95. The summed E-state index contributed by atoms with van der Waals surface area (Å²) in [5.74, 6) is 0.612. The lowest BCUT2D eigenvalue weighted by Gasteiger charge is -2.16. The molecule has 108 valence electrons. The molecule has 4 nitrogen and oxygen atoms in total. The third-order valence-electron chi connectivity index (χ3n) is 4.42. The van der Waals surface area contributed by atoms with E-state index in [0.29, 0.717) is 12.0 Å². The van der Waals surface area contributed by atoms with Crippen LogP contribution in [0.2, 0.25) is 0 Å². The van der Waals surface area contributed by atoms with Crippen LogP contribution < -0.4 is 0 Å². The number of rotatable bonds is 4. The summed E-state index contributed by atoms with van der Waals surface area (Å²) in [5, 5.41) is 4.50. The molecule has 4 rings (SSSR count). The van der Waals surface area contributed by atoms with Crippen LogP contribution in [0.1, 0.15) is 47.7 Å². The maximum Gasteiger partial charge on any atom is 0.257 e. The number of hydrogen-bond acceptors (Lipinski definition) is 2. The van der Waals surface area contributed by atoms with E-state index in [-0.39, 0.29) is 5.91 Å². The SMILES string of the molecule is CN(C(=O)c1cnn(-c2ccccc2)c1C1CC1)C1CC1. The van der Waals surface area contributed by atoms with E-state index in [1.54, 1.807) is 6.20 Å². The van der Waals surface area contributed by atoms with Gasteiger partial charge in [-0.25, -0.2) is 4.68 Å². The molecule has 2 saturated carbocycles. The van der Waals surface area contributed by atoms with Crippen molar-refractivity contribution in [3.63, 3.8) is 0 Å². The van der Waals surface area contributed by atoms with Gasteiger partial charge >= 0.3 is 0 Å². The Morgan fingerprint density at radius 2 is 1.90 bits per heavy atom. The minimum absolute atomic E-state index is 0.126. The largest absolute Gasteiger partial charge is 0.339 e. The summed E-state index contributed by atoms with van der Waals surface area (Å²) in [7, 11) is 1.91. The maximum absolute atomic E-state index is 12.7. The highest BCUT2D eigenvalue weighted by Crippen LogP contribution is 2.43. The molecule has 0 spiro atoms. The van der Waals surface area contributed by atoms with Crippen molar-refractivity contribution in [2.75, 3.05) is 7.05 Å². The number of para-hydroxylation sites is 1. The summed E-state index contributed by atoms with van der Waals surface area (Å²) in [5.41, 5.74) is 2.92. The Balaban J connectivity index is 1.75. The lowest BCUT2D eigenvalue weighted by atomic mass is 10.1. The molecule has 1 amide bonds. The average molecular weight is 281 g/mol. The van der Waals surface area contributed by atoms with E-state index in [4.69, 9.17) is 0 Å². The Morgan fingerprint density at radius 1 is 1.19 bits per heavy atom. The van der Waals surface area contributed by atoms with Gasteiger partial charge in [0.1, 0.15) is 0 Å². The standard InChI is InChI=1S/C17H19N3O/c1-19(13-9-10-13)17(21)15-11-18-20(16(15)12-7-8-12)14-5-3-2-4-6-14/h2-6,11-13H,7-10H2,1H3.